The van der Waals surface area contributed by atoms with Crippen LogP contribution in [0, 0.1) is 5.92 Å². The highest BCUT2D eigenvalue weighted by molar-refractivity contribution is 4.60. The molecule has 0 spiro atoms. The first kappa shape index (κ1) is 13.8. The number of unbranched alkanes of at least 4 members (excludes halogenated alkanes) is 2. The minimum Gasteiger partial charge on any atom is -0.308 e. The molecule has 0 aromatic carbocycles. The molecule has 0 radical (unpaired) electrons. The normalized spacial score (nSPS) is 14.4. The van der Waals surface area contributed by atoms with E-state index in [2.05, 4.69) is 12.2 Å². The summed E-state index contributed by atoms with van der Waals surface area (Å²) < 4.78 is 35.3. The van der Waals surface area contributed by atoms with Gasteiger partial charge >= 0.3 is 6.18 Å². The lowest BCUT2D eigenvalue weighted by molar-refractivity contribution is -0.125. The van der Waals surface area contributed by atoms with E-state index in [4.69, 9.17) is 0 Å². The highest BCUT2D eigenvalue weighted by Crippen LogP contribution is 2.13. The lowest BCUT2D eigenvalue weighted by Crippen LogP contribution is -2.31. The summed E-state index contributed by atoms with van der Waals surface area (Å²) in [7, 11) is 0. The van der Waals surface area contributed by atoms with E-state index >= 15 is 0 Å². The molecule has 0 aromatic rings. The molecule has 0 saturated heterocycles. The van der Waals surface area contributed by atoms with Crippen molar-refractivity contribution in [2.24, 2.45) is 5.92 Å². The van der Waals surface area contributed by atoms with Crippen LogP contribution in [0.2, 0.25) is 0 Å². The van der Waals surface area contributed by atoms with Gasteiger partial charge in [0.1, 0.15) is 0 Å². The van der Waals surface area contributed by atoms with Crippen LogP contribution in [0.5, 0.6) is 0 Å². The van der Waals surface area contributed by atoms with Crippen molar-refractivity contribution < 1.29 is 13.2 Å². The Morgan fingerprint density at radius 1 is 1.21 bits per heavy atom. The molecule has 0 aliphatic rings. The summed E-state index contributed by atoms with van der Waals surface area (Å²) in [5.41, 5.74) is 0. The Labute approximate surface area is 84.1 Å². The van der Waals surface area contributed by atoms with Crippen molar-refractivity contribution in [1.82, 2.24) is 5.32 Å². The van der Waals surface area contributed by atoms with Gasteiger partial charge in [-0.2, -0.15) is 13.2 Å². The first-order valence-electron chi connectivity index (χ1n) is 5.23. The van der Waals surface area contributed by atoms with Crippen LogP contribution in [0.4, 0.5) is 13.2 Å². The molecule has 0 fully saturated rings. The van der Waals surface area contributed by atoms with Gasteiger partial charge in [0.2, 0.25) is 0 Å². The zero-order valence-electron chi connectivity index (χ0n) is 8.95. The second-order valence-corrected chi connectivity index (χ2v) is 3.85. The fourth-order valence-corrected chi connectivity index (χ4v) is 1.31. The third-order valence-electron chi connectivity index (χ3n) is 2.12. The van der Waals surface area contributed by atoms with Gasteiger partial charge in [-0.05, 0) is 18.9 Å². The van der Waals surface area contributed by atoms with Crippen LogP contribution in [0.15, 0.2) is 0 Å². The Balaban J connectivity index is 3.31. The minimum absolute atomic E-state index is 0.337. The van der Waals surface area contributed by atoms with Gasteiger partial charge in [-0.15, -0.1) is 0 Å². The van der Waals surface area contributed by atoms with Gasteiger partial charge in [-0.25, -0.2) is 0 Å². The predicted molar refractivity (Wildman–Crippen MR) is 52.2 cm³/mol. The van der Waals surface area contributed by atoms with Crippen LogP contribution < -0.4 is 5.32 Å². The lowest BCUT2D eigenvalue weighted by atomic mass is 10.0. The predicted octanol–water partition coefficient (Wildman–Crippen LogP) is 3.35. The van der Waals surface area contributed by atoms with E-state index in [1.807, 2.05) is 6.92 Å². The Morgan fingerprint density at radius 3 is 2.36 bits per heavy atom. The molecular formula is C10H20F3N. The molecule has 0 amide bonds. The first-order valence-corrected chi connectivity index (χ1v) is 5.23. The molecule has 0 aliphatic carbocycles. The van der Waals surface area contributed by atoms with Crippen LogP contribution in [-0.4, -0.2) is 19.3 Å². The van der Waals surface area contributed by atoms with Crippen LogP contribution in [0.1, 0.15) is 39.5 Å². The van der Waals surface area contributed by atoms with Gasteiger partial charge in [-0.1, -0.05) is 33.1 Å². The molecule has 1 N–H and O–H groups in total. The number of rotatable bonds is 7. The van der Waals surface area contributed by atoms with Crippen molar-refractivity contribution in [3.63, 3.8) is 0 Å². The molecule has 0 aromatic heterocycles. The maximum atomic E-state index is 11.8. The Kier molecular flexibility index (Phi) is 6.97. The quantitative estimate of drug-likeness (QED) is 0.637. The largest absolute Gasteiger partial charge is 0.401 e. The van der Waals surface area contributed by atoms with Gasteiger partial charge in [0.15, 0.2) is 0 Å². The van der Waals surface area contributed by atoms with E-state index in [1.165, 1.54) is 6.42 Å². The fourth-order valence-electron chi connectivity index (χ4n) is 1.31. The minimum atomic E-state index is -4.08. The maximum absolute atomic E-state index is 11.8. The lowest BCUT2D eigenvalue weighted by Gasteiger charge is -2.13. The van der Waals surface area contributed by atoms with Crippen LogP contribution in [0.25, 0.3) is 0 Å². The number of nitrogens with one attached hydrogen (secondary N) is 1. The molecule has 1 atom stereocenters. The molecule has 0 aliphatic heterocycles. The molecular weight excluding hydrogens is 191 g/mol. The zero-order valence-corrected chi connectivity index (χ0v) is 8.95. The Hall–Kier alpha value is -0.250. The van der Waals surface area contributed by atoms with Gasteiger partial charge in [0.25, 0.3) is 0 Å². The summed E-state index contributed by atoms with van der Waals surface area (Å²) in [6.07, 6.45) is 0.375. The average Bonchev–Trinajstić information content (AvgIpc) is 2.02. The second-order valence-electron chi connectivity index (χ2n) is 3.85. The molecule has 0 rings (SSSR count). The van der Waals surface area contributed by atoms with Crippen molar-refractivity contribution >= 4 is 0 Å². The number of hydrogen-bond acceptors (Lipinski definition) is 1. The Bertz CT molecular complexity index is 134. The third-order valence-corrected chi connectivity index (χ3v) is 2.12. The van der Waals surface area contributed by atoms with E-state index < -0.39 is 12.7 Å². The SMILES string of the molecule is CCCCCC(C)CNCC(F)(F)F. The van der Waals surface area contributed by atoms with Gasteiger partial charge < -0.3 is 5.32 Å². The smallest absolute Gasteiger partial charge is 0.308 e. The van der Waals surface area contributed by atoms with Crippen LogP contribution >= 0.6 is 0 Å². The number of halogens is 3. The molecule has 86 valence electrons. The molecule has 14 heavy (non-hydrogen) atoms. The van der Waals surface area contributed by atoms with Crippen molar-refractivity contribution in [1.29, 1.82) is 0 Å². The summed E-state index contributed by atoms with van der Waals surface area (Å²) >= 11 is 0. The summed E-state index contributed by atoms with van der Waals surface area (Å²) in [4.78, 5) is 0. The number of alkyl halides is 3. The highest BCUT2D eigenvalue weighted by atomic mass is 19.4. The van der Waals surface area contributed by atoms with Crippen molar-refractivity contribution in [3.8, 4) is 0 Å². The third kappa shape index (κ3) is 9.84. The summed E-state index contributed by atoms with van der Waals surface area (Å²) in [5.74, 6) is 0.337. The molecule has 1 unspecified atom stereocenters. The summed E-state index contributed by atoms with van der Waals surface area (Å²) in [6.45, 7) is 3.69. The summed E-state index contributed by atoms with van der Waals surface area (Å²) in [5, 5.41) is 2.43. The van der Waals surface area contributed by atoms with Crippen LogP contribution in [0.3, 0.4) is 0 Å². The Morgan fingerprint density at radius 2 is 1.86 bits per heavy atom. The maximum Gasteiger partial charge on any atom is 0.401 e. The molecule has 0 heterocycles. The molecule has 1 nitrogen and oxygen atoms in total. The fraction of sp³-hybridized carbons (Fsp3) is 1.00. The zero-order chi connectivity index (χ0) is 11.0. The van der Waals surface area contributed by atoms with Gasteiger partial charge in [0.05, 0.1) is 6.54 Å². The van der Waals surface area contributed by atoms with E-state index in [9.17, 15) is 13.2 Å². The second kappa shape index (κ2) is 7.10. The highest BCUT2D eigenvalue weighted by Gasteiger charge is 2.26. The van der Waals surface area contributed by atoms with Crippen molar-refractivity contribution in [3.05, 3.63) is 0 Å². The molecule has 0 saturated carbocycles. The molecule has 0 bridgehead atoms. The van der Waals surface area contributed by atoms with Crippen molar-refractivity contribution in [2.45, 2.75) is 45.7 Å². The van der Waals surface area contributed by atoms with E-state index in [1.54, 1.807) is 0 Å². The molecule has 4 heteroatoms. The van der Waals surface area contributed by atoms with E-state index in [0.29, 0.717) is 12.5 Å². The average molecular weight is 211 g/mol. The van der Waals surface area contributed by atoms with Crippen LogP contribution in [-0.2, 0) is 0 Å². The van der Waals surface area contributed by atoms with E-state index in [-0.39, 0.29) is 0 Å². The summed E-state index contributed by atoms with van der Waals surface area (Å²) in [6, 6.07) is 0. The monoisotopic (exact) mass is 211 g/mol. The standard InChI is InChI=1S/C10H20F3N/c1-3-4-5-6-9(2)7-14-8-10(11,12)13/h9,14H,3-8H2,1-2H3. The first-order chi connectivity index (χ1) is 6.45. The topological polar surface area (TPSA) is 12.0 Å². The van der Waals surface area contributed by atoms with Crippen molar-refractivity contribution in [2.75, 3.05) is 13.1 Å². The van der Waals surface area contributed by atoms with Gasteiger partial charge in [-0.3, -0.25) is 0 Å². The van der Waals surface area contributed by atoms with E-state index in [0.717, 1.165) is 19.3 Å². The van der Waals surface area contributed by atoms with Gasteiger partial charge in [0, 0.05) is 0 Å². The number of hydrogen-bond donors (Lipinski definition) is 1.